The number of ether oxygens (including phenoxy) is 1. The van der Waals surface area contributed by atoms with Gasteiger partial charge in [0.05, 0.1) is 13.7 Å². The first-order valence-electron chi connectivity index (χ1n) is 7.79. The first kappa shape index (κ1) is 15.6. The highest BCUT2D eigenvalue weighted by Crippen LogP contribution is 2.22. The monoisotopic (exact) mass is 286 g/mol. The maximum atomic E-state index is 5.42. The first-order valence-corrected chi connectivity index (χ1v) is 7.79. The van der Waals surface area contributed by atoms with E-state index in [2.05, 4.69) is 54.3 Å². The minimum absolute atomic E-state index is 0.457. The number of hydrogen-bond acceptors (Lipinski definition) is 2. The predicted octanol–water partition coefficient (Wildman–Crippen LogP) is 4.00. The van der Waals surface area contributed by atoms with Crippen molar-refractivity contribution in [2.24, 2.45) is 0 Å². The molecule has 21 heavy (non-hydrogen) atoms. The van der Waals surface area contributed by atoms with Gasteiger partial charge < -0.3 is 14.6 Å². The van der Waals surface area contributed by atoms with Crippen LogP contribution in [-0.2, 0) is 6.54 Å². The summed E-state index contributed by atoms with van der Waals surface area (Å²) >= 11 is 0. The van der Waals surface area contributed by atoms with E-state index in [4.69, 9.17) is 4.74 Å². The second kappa shape index (κ2) is 7.89. The molecule has 0 aliphatic heterocycles. The van der Waals surface area contributed by atoms with Gasteiger partial charge in [-0.3, -0.25) is 0 Å². The van der Waals surface area contributed by atoms with Gasteiger partial charge in [-0.05, 0) is 30.7 Å². The normalized spacial score (nSPS) is 12.3. The van der Waals surface area contributed by atoms with Crippen LogP contribution in [0, 0.1) is 0 Å². The van der Waals surface area contributed by atoms with E-state index in [1.54, 1.807) is 7.11 Å². The molecule has 0 amide bonds. The summed E-state index contributed by atoms with van der Waals surface area (Å²) in [6.07, 6.45) is 6.76. The van der Waals surface area contributed by atoms with Gasteiger partial charge in [0.25, 0.3) is 0 Å². The zero-order valence-electron chi connectivity index (χ0n) is 13.3. The van der Waals surface area contributed by atoms with Crippen molar-refractivity contribution in [1.82, 2.24) is 9.88 Å². The summed E-state index contributed by atoms with van der Waals surface area (Å²) in [5, 5.41) is 3.56. The van der Waals surface area contributed by atoms with Crippen LogP contribution in [0.1, 0.15) is 43.9 Å². The van der Waals surface area contributed by atoms with E-state index in [-0.39, 0.29) is 0 Å². The Morgan fingerprint density at radius 3 is 2.71 bits per heavy atom. The van der Waals surface area contributed by atoms with Crippen LogP contribution >= 0.6 is 0 Å². The number of benzene rings is 1. The lowest BCUT2D eigenvalue weighted by molar-refractivity contribution is 0.408. The molecule has 2 aromatic rings. The lowest BCUT2D eigenvalue weighted by atomic mass is 10.1. The van der Waals surface area contributed by atoms with Gasteiger partial charge in [-0.25, -0.2) is 0 Å². The third-order valence-electron chi connectivity index (χ3n) is 3.75. The third-order valence-corrected chi connectivity index (χ3v) is 3.75. The van der Waals surface area contributed by atoms with Gasteiger partial charge in [0, 0.05) is 24.0 Å². The predicted molar refractivity (Wildman–Crippen MR) is 87.9 cm³/mol. The molecular weight excluding hydrogens is 260 g/mol. The Balaban J connectivity index is 2.12. The van der Waals surface area contributed by atoms with Gasteiger partial charge >= 0.3 is 0 Å². The molecule has 3 nitrogen and oxygen atoms in total. The summed E-state index contributed by atoms with van der Waals surface area (Å²) in [6, 6.07) is 10.9. The molecule has 0 fully saturated rings. The number of aromatic nitrogens is 1. The second-order valence-corrected chi connectivity index (χ2v) is 5.33. The van der Waals surface area contributed by atoms with Crippen LogP contribution < -0.4 is 10.1 Å². The summed E-state index contributed by atoms with van der Waals surface area (Å²) in [6.45, 7) is 6.24. The van der Waals surface area contributed by atoms with Crippen molar-refractivity contribution in [2.45, 2.75) is 39.3 Å². The van der Waals surface area contributed by atoms with E-state index in [1.807, 2.05) is 12.1 Å². The molecule has 3 heteroatoms. The van der Waals surface area contributed by atoms with Crippen molar-refractivity contribution < 1.29 is 4.74 Å². The van der Waals surface area contributed by atoms with Crippen LogP contribution in [0.3, 0.4) is 0 Å². The Bertz CT molecular complexity index is 542. The molecule has 114 valence electrons. The van der Waals surface area contributed by atoms with Gasteiger partial charge in [-0.15, -0.1) is 0 Å². The van der Waals surface area contributed by atoms with Gasteiger partial charge in [-0.2, -0.15) is 0 Å². The number of nitrogens with zero attached hydrogens (tertiary/aromatic N) is 1. The van der Waals surface area contributed by atoms with Gasteiger partial charge in [0.2, 0.25) is 0 Å². The van der Waals surface area contributed by atoms with Crippen LogP contribution in [0.15, 0.2) is 42.7 Å². The second-order valence-electron chi connectivity index (χ2n) is 5.33. The maximum absolute atomic E-state index is 5.42. The number of methoxy groups -OCH3 is 1. The molecule has 2 rings (SSSR count). The van der Waals surface area contributed by atoms with E-state index in [1.165, 1.54) is 24.0 Å². The Labute approximate surface area is 127 Å². The lowest BCUT2D eigenvalue weighted by Crippen LogP contribution is -2.20. The minimum Gasteiger partial charge on any atom is -0.496 e. The molecule has 0 radical (unpaired) electrons. The molecule has 0 aliphatic rings. The number of para-hydroxylation sites is 1. The fourth-order valence-corrected chi connectivity index (χ4v) is 2.72. The van der Waals surface area contributed by atoms with Crippen LogP contribution in [0.2, 0.25) is 0 Å². The van der Waals surface area contributed by atoms with Crippen molar-refractivity contribution in [2.75, 3.05) is 13.7 Å². The summed E-state index contributed by atoms with van der Waals surface area (Å²) < 4.78 is 7.65. The Kier molecular flexibility index (Phi) is 5.88. The van der Waals surface area contributed by atoms with Crippen molar-refractivity contribution >= 4 is 0 Å². The van der Waals surface area contributed by atoms with Crippen LogP contribution in [0.5, 0.6) is 5.75 Å². The van der Waals surface area contributed by atoms with E-state index in [9.17, 15) is 0 Å². The van der Waals surface area contributed by atoms with E-state index >= 15 is 0 Å². The van der Waals surface area contributed by atoms with Crippen molar-refractivity contribution in [3.63, 3.8) is 0 Å². The molecular formula is C18H26N2O. The molecule has 1 atom stereocenters. The average molecular weight is 286 g/mol. The van der Waals surface area contributed by atoms with E-state index in [0.717, 1.165) is 18.8 Å². The minimum atomic E-state index is 0.457. The highest BCUT2D eigenvalue weighted by Gasteiger charge is 2.11. The Hall–Kier alpha value is -1.74. The van der Waals surface area contributed by atoms with Gasteiger partial charge in [0.1, 0.15) is 5.75 Å². The Morgan fingerprint density at radius 1 is 1.19 bits per heavy atom. The third kappa shape index (κ3) is 4.11. The van der Waals surface area contributed by atoms with E-state index < -0.39 is 0 Å². The van der Waals surface area contributed by atoms with E-state index in [0.29, 0.717) is 6.04 Å². The molecule has 0 bridgehead atoms. The maximum Gasteiger partial charge on any atom is 0.123 e. The van der Waals surface area contributed by atoms with Crippen LogP contribution in [0.4, 0.5) is 0 Å². The topological polar surface area (TPSA) is 26.2 Å². The van der Waals surface area contributed by atoms with Crippen LogP contribution in [-0.4, -0.2) is 18.2 Å². The molecule has 1 N–H and O–H groups in total. The Morgan fingerprint density at radius 2 is 2.00 bits per heavy atom. The summed E-state index contributed by atoms with van der Waals surface area (Å²) in [5.41, 5.74) is 2.58. The fraction of sp³-hybridized carbons (Fsp3) is 0.444. The molecule has 1 aromatic carbocycles. The van der Waals surface area contributed by atoms with Gasteiger partial charge in [0.15, 0.2) is 0 Å². The fourth-order valence-electron chi connectivity index (χ4n) is 2.72. The molecule has 0 aliphatic carbocycles. The molecule has 1 unspecified atom stereocenters. The van der Waals surface area contributed by atoms with Gasteiger partial charge in [-0.1, -0.05) is 38.5 Å². The highest BCUT2D eigenvalue weighted by molar-refractivity contribution is 5.33. The molecule has 0 saturated carbocycles. The largest absolute Gasteiger partial charge is 0.496 e. The summed E-state index contributed by atoms with van der Waals surface area (Å²) in [4.78, 5) is 0. The number of hydrogen-bond donors (Lipinski definition) is 1. The smallest absolute Gasteiger partial charge is 0.123 e. The average Bonchev–Trinajstić information content (AvgIpc) is 2.96. The first-order chi connectivity index (χ1) is 10.3. The standard InChI is InChI=1S/C18H26N2O/c1-4-8-17(19-5-2)15-11-12-20(13-15)14-16-9-6-7-10-18(16)21-3/h6-7,9-13,17,19H,4-5,8,14H2,1-3H3. The summed E-state index contributed by atoms with van der Waals surface area (Å²) in [7, 11) is 1.72. The lowest BCUT2D eigenvalue weighted by Gasteiger charge is -2.15. The summed E-state index contributed by atoms with van der Waals surface area (Å²) in [5.74, 6) is 0.949. The highest BCUT2D eigenvalue weighted by atomic mass is 16.5. The quantitative estimate of drug-likeness (QED) is 0.794. The van der Waals surface area contributed by atoms with Crippen molar-refractivity contribution in [3.05, 3.63) is 53.9 Å². The zero-order chi connectivity index (χ0) is 15.1. The molecule has 0 spiro atoms. The number of nitrogens with one attached hydrogen (secondary N) is 1. The molecule has 1 aromatic heterocycles. The van der Waals surface area contributed by atoms with Crippen molar-refractivity contribution in [3.8, 4) is 5.75 Å². The zero-order valence-corrected chi connectivity index (χ0v) is 13.3. The number of rotatable bonds is 8. The van der Waals surface area contributed by atoms with Crippen LogP contribution in [0.25, 0.3) is 0 Å². The SMILES string of the molecule is CCCC(NCC)c1ccn(Cc2ccccc2OC)c1. The van der Waals surface area contributed by atoms with Crippen molar-refractivity contribution in [1.29, 1.82) is 0 Å². The molecule has 1 heterocycles. The molecule has 0 saturated heterocycles.